The Morgan fingerprint density at radius 3 is 2.77 bits per heavy atom. The van der Waals surface area contributed by atoms with Crippen molar-refractivity contribution in [2.75, 3.05) is 11.9 Å². The van der Waals surface area contributed by atoms with Crippen molar-refractivity contribution in [1.82, 2.24) is 9.78 Å². The Morgan fingerprint density at radius 2 is 2.23 bits per heavy atom. The van der Waals surface area contributed by atoms with Crippen LogP contribution in [-0.4, -0.2) is 16.3 Å². The van der Waals surface area contributed by atoms with Crippen LogP contribution in [0.5, 0.6) is 0 Å². The Morgan fingerprint density at radius 1 is 1.54 bits per heavy atom. The summed E-state index contributed by atoms with van der Waals surface area (Å²) >= 11 is 0. The topological polar surface area (TPSA) is 29.9 Å². The van der Waals surface area contributed by atoms with E-state index in [0.29, 0.717) is 5.92 Å². The summed E-state index contributed by atoms with van der Waals surface area (Å²) in [5, 5.41) is 7.75. The molecule has 1 aromatic heterocycles. The summed E-state index contributed by atoms with van der Waals surface area (Å²) in [7, 11) is 0. The number of hydrogen-bond acceptors (Lipinski definition) is 2. The van der Waals surface area contributed by atoms with E-state index in [0.717, 1.165) is 24.6 Å². The Labute approximate surface area is 80.1 Å². The molecule has 0 bridgehead atoms. The first-order valence-electron chi connectivity index (χ1n) is 4.91. The summed E-state index contributed by atoms with van der Waals surface area (Å²) in [5.41, 5.74) is 1.08. The Bertz CT molecular complexity index is 263. The maximum absolute atomic E-state index is 4.36. The van der Waals surface area contributed by atoms with E-state index in [-0.39, 0.29) is 0 Å². The molecule has 3 heteroatoms. The molecule has 0 saturated heterocycles. The van der Waals surface area contributed by atoms with E-state index in [1.807, 2.05) is 11.6 Å². The molecule has 0 aliphatic carbocycles. The van der Waals surface area contributed by atoms with Gasteiger partial charge in [-0.25, -0.2) is 4.68 Å². The van der Waals surface area contributed by atoms with Crippen LogP contribution in [0.2, 0.25) is 0 Å². The molecule has 0 radical (unpaired) electrons. The van der Waals surface area contributed by atoms with E-state index >= 15 is 0 Å². The van der Waals surface area contributed by atoms with Crippen molar-refractivity contribution in [2.24, 2.45) is 5.92 Å². The zero-order valence-electron chi connectivity index (χ0n) is 8.96. The molecule has 0 saturated carbocycles. The van der Waals surface area contributed by atoms with Crippen molar-refractivity contribution in [3.63, 3.8) is 0 Å². The summed E-state index contributed by atoms with van der Waals surface area (Å²) in [4.78, 5) is 0. The van der Waals surface area contributed by atoms with Crippen molar-refractivity contribution in [3.05, 3.63) is 11.8 Å². The fourth-order valence-corrected chi connectivity index (χ4v) is 1.24. The van der Waals surface area contributed by atoms with Crippen LogP contribution in [-0.2, 0) is 6.54 Å². The molecule has 1 N–H and O–H groups in total. The minimum atomic E-state index is 0.667. The molecule has 0 unspecified atom stereocenters. The summed E-state index contributed by atoms with van der Waals surface area (Å²) in [6.45, 7) is 10.5. The zero-order chi connectivity index (χ0) is 9.84. The van der Waals surface area contributed by atoms with Crippen LogP contribution in [0.25, 0.3) is 0 Å². The lowest BCUT2D eigenvalue weighted by molar-refractivity contribution is 0.639. The number of rotatable bonds is 4. The molecule has 0 atom stereocenters. The molecule has 1 heterocycles. The highest BCUT2D eigenvalue weighted by atomic mass is 15.3. The van der Waals surface area contributed by atoms with Crippen LogP contribution in [0.15, 0.2) is 6.07 Å². The minimum absolute atomic E-state index is 0.667. The quantitative estimate of drug-likeness (QED) is 0.772. The fourth-order valence-electron chi connectivity index (χ4n) is 1.24. The third-order valence-corrected chi connectivity index (χ3v) is 1.89. The second kappa shape index (κ2) is 4.30. The van der Waals surface area contributed by atoms with Gasteiger partial charge in [0.15, 0.2) is 0 Å². The van der Waals surface area contributed by atoms with Crippen molar-refractivity contribution >= 4 is 5.82 Å². The van der Waals surface area contributed by atoms with Crippen LogP contribution < -0.4 is 5.32 Å². The first-order valence-corrected chi connectivity index (χ1v) is 4.91. The average molecular weight is 181 g/mol. The molecule has 0 aromatic carbocycles. The van der Waals surface area contributed by atoms with Gasteiger partial charge in [-0.2, -0.15) is 5.10 Å². The van der Waals surface area contributed by atoms with Crippen LogP contribution in [0.3, 0.4) is 0 Å². The summed E-state index contributed by atoms with van der Waals surface area (Å²) in [5.74, 6) is 1.80. The van der Waals surface area contributed by atoms with Gasteiger partial charge in [-0.05, 0) is 19.8 Å². The van der Waals surface area contributed by atoms with Crippen LogP contribution >= 0.6 is 0 Å². The van der Waals surface area contributed by atoms with E-state index in [4.69, 9.17) is 0 Å². The van der Waals surface area contributed by atoms with Crippen molar-refractivity contribution < 1.29 is 0 Å². The molecule has 1 rings (SSSR count). The molecule has 0 amide bonds. The number of nitrogens with one attached hydrogen (secondary N) is 1. The monoisotopic (exact) mass is 181 g/mol. The Kier molecular flexibility index (Phi) is 3.34. The van der Waals surface area contributed by atoms with Crippen LogP contribution in [0.4, 0.5) is 5.82 Å². The predicted octanol–water partition coefficient (Wildman–Crippen LogP) is 2.28. The molecule has 0 fully saturated rings. The van der Waals surface area contributed by atoms with Gasteiger partial charge in [-0.15, -0.1) is 0 Å². The molecule has 0 aliphatic heterocycles. The van der Waals surface area contributed by atoms with E-state index < -0.39 is 0 Å². The molecule has 13 heavy (non-hydrogen) atoms. The van der Waals surface area contributed by atoms with Gasteiger partial charge in [-0.3, -0.25) is 0 Å². The number of hydrogen-bond donors (Lipinski definition) is 1. The zero-order valence-corrected chi connectivity index (χ0v) is 8.96. The smallest absolute Gasteiger partial charge is 0.124 e. The maximum atomic E-state index is 4.36. The largest absolute Gasteiger partial charge is 0.370 e. The molecular formula is C10H19N3. The lowest BCUT2D eigenvalue weighted by atomic mass is 10.2. The van der Waals surface area contributed by atoms with Gasteiger partial charge in [0.05, 0.1) is 5.69 Å². The fraction of sp³-hybridized carbons (Fsp3) is 0.700. The second-order valence-corrected chi connectivity index (χ2v) is 3.76. The summed E-state index contributed by atoms with van der Waals surface area (Å²) < 4.78 is 2.00. The SMILES string of the molecule is CCn1nc(C)cc1NCC(C)C. The number of anilines is 1. The highest BCUT2D eigenvalue weighted by molar-refractivity contribution is 5.36. The van der Waals surface area contributed by atoms with Gasteiger partial charge in [0.1, 0.15) is 5.82 Å². The van der Waals surface area contributed by atoms with Gasteiger partial charge in [-0.1, -0.05) is 13.8 Å². The standard InChI is InChI=1S/C10H19N3/c1-5-13-10(6-9(4)12-13)11-7-8(2)3/h6,8,11H,5,7H2,1-4H3. The molecule has 0 spiro atoms. The van der Waals surface area contributed by atoms with E-state index in [1.165, 1.54) is 0 Å². The molecule has 1 aromatic rings. The lowest BCUT2D eigenvalue weighted by Crippen LogP contribution is -2.12. The van der Waals surface area contributed by atoms with Gasteiger partial charge >= 0.3 is 0 Å². The van der Waals surface area contributed by atoms with Gasteiger partial charge in [0.25, 0.3) is 0 Å². The Hall–Kier alpha value is -0.990. The molecule has 3 nitrogen and oxygen atoms in total. The minimum Gasteiger partial charge on any atom is -0.370 e. The number of aryl methyl sites for hydroxylation is 2. The van der Waals surface area contributed by atoms with Crippen molar-refractivity contribution in [1.29, 1.82) is 0 Å². The van der Waals surface area contributed by atoms with E-state index in [1.54, 1.807) is 0 Å². The van der Waals surface area contributed by atoms with Crippen molar-refractivity contribution in [3.8, 4) is 0 Å². The van der Waals surface area contributed by atoms with Crippen LogP contribution in [0.1, 0.15) is 26.5 Å². The third-order valence-electron chi connectivity index (χ3n) is 1.89. The van der Waals surface area contributed by atoms with Gasteiger partial charge in [0, 0.05) is 19.2 Å². The number of aromatic nitrogens is 2. The molecule has 0 aliphatic rings. The number of nitrogens with zero attached hydrogens (tertiary/aromatic N) is 2. The summed E-state index contributed by atoms with van der Waals surface area (Å²) in [6, 6.07) is 2.09. The van der Waals surface area contributed by atoms with Crippen LogP contribution in [0, 0.1) is 12.8 Å². The van der Waals surface area contributed by atoms with Gasteiger partial charge < -0.3 is 5.32 Å². The predicted molar refractivity (Wildman–Crippen MR) is 56.0 cm³/mol. The van der Waals surface area contributed by atoms with E-state index in [2.05, 4.69) is 37.3 Å². The van der Waals surface area contributed by atoms with Gasteiger partial charge in [0.2, 0.25) is 0 Å². The average Bonchev–Trinajstić information content (AvgIpc) is 2.42. The highest BCUT2D eigenvalue weighted by Gasteiger charge is 2.03. The third kappa shape index (κ3) is 2.76. The van der Waals surface area contributed by atoms with Crippen molar-refractivity contribution in [2.45, 2.75) is 34.2 Å². The maximum Gasteiger partial charge on any atom is 0.124 e. The lowest BCUT2D eigenvalue weighted by Gasteiger charge is -2.09. The molecule has 74 valence electrons. The van der Waals surface area contributed by atoms with E-state index in [9.17, 15) is 0 Å². The normalized spacial score (nSPS) is 10.8. The first-order chi connectivity index (χ1) is 6.13. The first kappa shape index (κ1) is 10.1. The molecular weight excluding hydrogens is 162 g/mol. The Balaban J connectivity index is 2.64. The highest BCUT2D eigenvalue weighted by Crippen LogP contribution is 2.10. The summed E-state index contributed by atoms with van der Waals surface area (Å²) in [6.07, 6.45) is 0. The second-order valence-electron chi connectivity index (χ2n) is 3.76.